The van der Waals surface area contributed by atoms with Gasteiger partial charge in [0.25, 0.3) is 0 Å². The van der Waals surface area contributed by atoms with E-state index < -0.39 is 8.25 Å². The molecule has 2 N–H and O–H groups in total. The van der Waals surface area contributed by atoms with Crippen LogP contribution in [0.3, 0.4) is 0 Å². The Morgan fingerprint density at radius 1 is 0.929 bits per heavy atom. The fourth-order valence-corrected chi connectivity index (χ4v) is 0.665. The predicted octanol–water partition coefficient (Wildman–Crippen LogP) is 2.25. The summed E-state index contributed by atoms with van der Waals surface area (Å²) < 4.78 is 8.74. The van der Waals surface area contributed by atoms with E-state index in [1.807, 2.05) is 62.5 Å². The Bertz CT molecular complexity index is 192. The Morgan fingerprint density at radius 3 is 1.29 bits per heavy atom. The number of allylic oxidation sites excluding steroid dienone is 3. The fourth-order valence-electron chi connectivity index (χ4n) is 0.665. The van der Waals surface area contributed by atoms with Gasteiger partial charge < -0.3 is 14.7 Å². The van der Waals surface area contributed by atoms with Gasteiger partial charge in [-0.25, -0.2) is 0 Å². The number of hydrogen-bond acceptors (Lipinski definition) is 2. The first-order valence-corrected chi connectivity index (χ1v) is 5.46. The SMILES string of the molecule is CC=CN(C=CC)C=CC.O=[PH](O)O. The Kier molecular flexibility index (Phi) is 13.6. The van der Waals surface area contributed by atoms with Crippen LogP contribution in [0.15, 0.2) is 36.8 Å². The summed E-state index contributed by atoms with van der Waals surface area (Å²) >= 11 is 0. The molecule has 0 atom stereocenters. The average molecular weight is 219 g/mol. The highest BCUT2D eigenvalue weighted by Gasteiger charge is 1.80. The number of rotatable bonds is 3. The van der Waals surface area contributed by atoms with Crippen LogP contribution in [0, 0.1) is 0 Å². The van der Waals surface area contributed by atoms with Crippen LogP contribution in [0.25, 0.3) is 0 Å². The molecule has 0 aromatic heterocycles. The van der Waals surface area contributed by atoms with Crippen molar-refractivity contribution < 1.29 is 14.4 Å². The fraction of sp³-hybridized carbons (Fsp3) is 0.333. The molecular weight excluding hydrogens is 201 g/mol. The van der Waals surface area contributed by atoms with Gasteiger partial charge in [-0.15, -0.1) is 0 Å². The number of nitrogens with zero attached hydrogens (tertiary/aromatic N) is 1. The van der Waals surface area contributed by atoms with E-state index in [0.717, 1.165) is 0 Å². The molecule has 0 fully saturated rings. The molecule has 0 amide bonds. The van der Waals surface area contributed by atoms with Crippen molar-refractivity contribution in [2.45, 2.75) is 20.8 Å². The summed E-state index contributed by atoms with van der Waals surface area (Å²) in [5.74, 6) is 0. The zero-order valence-electron chi connectivity index (χ0n) is 8.71. The molecule has 0 aromatic carbocycles. The van der Waals surface area contributed by atoms with Crippen molar-refractivity contribution in [1.82, 2.24) is 4.90 Å². The van der Waals surface area contributed by atoms with E-state index in [4.69, 9.17) is 14.4 Å². The summed E-state index contributed by atoms with van der Waals surface area (Å²) in [6.07, 6.45) is 12.0. The molecule has 0 aliphatic heterocycles. The molecule has 0 heterocycles. The van der Waals surface area contributed by atoms with E-state index in [9.17, 15) is 0 Å². The van der Waals surface area contributed by atoms with Gasteiger partial charge in [0, 0.05) is 18.6 Å². The Morgan fingerprint density at radius 2 is 1.14 bits per heavy atom. The van der Waals surface area contributed by atoms with Crippen molar-refractivity contribution in [1.29, 1.82) is 0 Å². The van der Waals surface area contributed by atoms with Crippen LogP contribution in [0.1, 0.15) is 20.8 Å². The topological polar surface area (TPSA) is 60.8 Å². The molecule has 5 heteroatoms. The summed E-state index contributed by atoms with van der Waals surface area (Å²) in [6.45, 7) is 6.00. The summed E-state index contributed by atoms with van der Waals surface area (Å²) in [7, 11) is -3.13. The molecular formula is C9H18NO3P. The maximum Gasteiger partial charge on any atom is 0.314 e. The maximum absolute atomic E-state index is 8.74. The maximum atomic E-state index is 8.74. The number of hydrogen-bond donors (Lipinski definition) is 2. The van der Waals surface area contributed by atoms with Crippen molar-refractivity contribution in [3.05, 3.63) is 36.8 Å². The standard InChI is InChI=1S/C9H15N.H3O3P/c1-4-7-10(8-5-2)9-6-3;1-4(2)3/h4-9H,1-3H3;4H,(H2,1,2,3). The van der Waals surface area contributed by atoms with E-state index in [0.29, 0.717) is 0 Å². The molecule has 0 radical (unpaired) electrons. The van der Waals surface area contributed by atoms with Gasteiger partial charge in [0.2, 0.25) is 0 Å². The molecule has 0 rings (SSSR count). The van der Waals surface area contributed by atoms with Gasteiger partial charge in [-0.1, -0.05) is 18.2 Å². The van der Waals surface area contributed by atoms with Gasteiger partial charge in [0.1, 0.15) is 0 Å². The third-order valence-corrected chi connectivity index (χ3v) is 0.964. The quantitative estimate of drug-likeness (QED) is 0.715. The lowest BCUT2D eigenvalue weighted by Gasteiger charge is -2.06. The molecule has 4 nitrogen and oxygen atoms in total. The zero-order valence-corrected chi connectivity index (χ0v) is 9.71. The van der Waals surface area contributed by atoms with Crippen LogP contribution in [-0.2, 0) is 4.57 Å². The Hall–Kier alpha value is -0.830. The highest BCUT2D eigenvalue weighted by Crippen LogP contribution is 1.98. The third-order valence-electron chi connectivity index (χ3n) is 0.964. The van der Waals surface area contributed by atoms with Gasteiger partial charge >= 0.3 is 8.25 Å². The minimum atomic E-state index is -3.13. The van der Waals surface area contributed by atoms with Gasteiger partial charge in [-0.3, -0.25) is 4.57 Å². The van der Waals surface area contributed by atoms with E-state index in [-0.39, 0.29) is 0 Å². The van der Waals surface area contributed by atoms with Crippen LogP contribution in [-0.4, -0.2) is 14.7 Å². The normalized spacial score (nSPS) is 11.3. The Labute approximate surface area is 85.8 Å². The monoisotopic (exact) mass is 219 g/mol. The lowest BCUT2D eigenvalue weighted by molar-refractivity contribution is 0.405. The van der Waals surface area contributed by atoms with Crippen molar-refractivity contribution in [3.63, 3.8) is 0 Å². The minimum absolute atomic E-state index is 2.00. The van der Waals surface area contributed by atoms with Crippen LogP contribution in [0.2, 0.25) is 0 Å². The van der Waals surface area contributed by atoms with E-state index in [2.05, 4.69) is 0 Å². The van der Waals surface area contributed by atoms with E-state index in [1.165, 1.54) is 0 Å². The highest BCUT2D eigenvalue weighted by atomic mass is 31.1. The second-order valence-corrected chi connectivity index (χ2v) is 2.74. The van der Waals surface area contributed by atoms with Gasteiger partial charge in [0.15, 0.2) is 0 Å². The predicted molar refractivity (Wildman–Crippen MR) is 59.7 cm³/mol. The Balaban J connectivity index is 0. The van der Waals surface area contributed by atoms with Crippen LogP contribution < -0.4 is 0 Å². The molecule has 0 aliphatic rings. The molecule has 82 valence electrons. The summed E-state index contributed by atoms with van der Waals surface area (Å²) in [6, 6.07) is 0. The van der Waals surface area contributed by atoms with Crippen LogP contribution >= 0.6 is 8.25 Å². The summed E-state index contributed by atoms with van der Waals surface area (Å²) in [5.41, 5.74) is 0. The van der Waals surface area contributed by atoms with Crippen LogP contribution in [0.5, 0.6) is 0 Å². The van der Waals surface area contributed by atoms with Gasteiger partial charge in [-0.2, -0.15) is 0 Å². The molecule has 14 heavy (non-hydrogen) atoms. The second-order valence-electron chi connectivity index (χ2n) is 2.18. The smallest absolute Gasteiger partial charge is 0.314 e. The second kappa shape index (κ2) is 12.2. The summed E-state index contributed by atoms with van der Waals surface area (Å²) in [4.78, 5) is 16.3. The first kappa shape index (κ1) is 15.6. The van der Waals surface area contributed by atoms with Gasteiger partial charge in [-0.05, 0) is 20.8 Å². The highest BCUT2D eigenvalue weighted by molar-refractivity contribution is 7.30. The molecule has 0 spiro atoms. The van der Waals surface area contributed by atoms with Gasteiger partial charge in [0.05, 0.1) is 0 Å². The lowest BCUT2D eigenvalue weighted by atomic mass is 10.5. The van der Waals surface area contributed by atoms with Crippen molar-refractivity contribution in [2.75, 3.05) is 0 Å². The zero-order chi connectivity index (χ0) is 11.4. The average Bonchev–Trinajstić information content (AvgIpc) is 2.04. The lowest BCUT2D eigenvalue weighted by Crippen LogP contribution is -1.97. The van der Waals surface area contributed by atoms with Crippen LogP contribution in [0.4, 0.5) is 0 Å². The third kappa shape index (κ3) is 17.3. The molecule has 0 unspecified atom stereocenters. The molecule has 0 aromatic rings. The first-order valence-electron chi connectivity index (χ1n) is 4.16. The molecule has 0 bridgehead atoms. The molecule has 0 saturated carbocycles. The van der Waals surface area contributed by atoms with E-state index in [1.54, 1.807) is 0 Å². The van der Waals surface area contributed by atoms with Crippen molar-refractivity contribution >= 4 is 8.25 Å². The molecule has 0 aliphatic carbocycles. The van der Waals surface area contributed by atoms with Crippen molar-refractivity contribution in [3.8, 4) is 0 Å². The summed E-state index contributed by atoms with van der Waals surface area (Å²) in [5, 5.41) is 0. The largest absolute Gasteiger partial charge is 0.332 e. The first-order chi connectivity index (χ1) is 6.58. The molecule has 0 saturated heterocycles. The minimum Gasteiger partial charge on any atom is -0.332 e. The van der Waals surface area contributed by atoms with E-state index >= 15 is 0 Å². The van der Waals surface area contributed by atoms with Crippen molar-refractivity contribution in [2.24, 2.45) is 0 Å².